The highest BCUT2D eigenvalue weighted by Gasteiger charge is 2.05. The maximum absolute atomic E-state index is 13.5. The number of hydrogen-bond donors (Lipinski definition) is 2. The summed E-state index contributed by atoms with van der Waals surface area (Å²) in [6, 6.07) is 15.1. The third-order valence-electron chi connectivity index (χ3n) is 3.79. The van der Waals surface area contributed by atoms with Gasteiger partial charge in [0.1, 0.15) is 5.82 Å². The first-order valence-electron chi connectivity index (χ1n) is 8.21. The molecule has 0 aliphatic rings. The van der Waals surface area contributed by atoms with E-state index in [1.165, 1.54) is 17.3 Å². The zero-order valence-corrected chi connectivity index (χ0v) is 15.0. The molecule has 0 radical (unpaired) electrons. The number of rotatable bonds is 7. The summed E-state index contributed by atoms with van der Waals surface area (Å²) in [5.41, 5.74) is 2.89. The van der Waals surface area contributed by atoms with Gasteiger partial charge in [-0.1, -0.05) is 29.8 Å². The number of thiocarbonyl (C=S) groups is 1. The quantitative estimate of drug-likeness (QED) is 0.577. The van der Waals surface area contributed by atoms with Crippen LogP contribution in [0.3, 0.4) is 0 Å². The van der Waals surface area contributed by atoms with E-state index in [-0.39, 0.29) is 5.82 Å². The van der Waals surface area contributed by atoms with Gasteiger partial charge in [0, 0.05) is 25.3 Å². The highest BCUT2D eigenvalue weighted by atomic mass is 32.1. The molecule has 0 spiro atoms. The van der Waals surface area contributed by atoms with Crippen molar-refractivity contribution in [2.75, 3.05) is 29.9 Å². The first kappa shape index (κ1) is 18.2. The monoisotopic (exact) mass is 345 g/mol. The average molecular weight is 345 g/mol. The fourth-order valence-corrected chi connectivity index (χ4v) is 2.64. The van der Waals surface area contributed by atoms with Gasteiger partial charge < -0.3 is 15.5 Å². The van der Waals surface area contributed by atoms with Gasteiger partial charge in [-0.15, -0.1) is 0 Å². The Balaban J connectivity index is 1.74. The minimum atomic E-state index is -0.307. The van der Waals surface area contributed by atoms with Gasteiger partial charge in [-0.2, -0.15) is 0 Å². The lowest BCUT2D eigenvalue weighted by atomic mass is 10.2. The molecule has 128 valence electrons. The van der Waals surface area contributed by atoms with Gasteiger partial charge in [0.2, 0.25) is 0 Å². The molecule has 2 N–H and O–H groups in total. The van der Waals surface area contributed by atoms with Crippen LogP contribution >= 0.6 is 12.2 Å². The Morgan fingerprint density at radius 2 is 1.83 bits per heavy atom. The maximum atomic E-state index is 13.5. The number of para-hydroxylation sites is 1. The van der Waals surface area contributed by atoms with E-state index < -0.39 is 0 Å². The van der Waals surface area contributed by atoms with Crippen LogP contribution in [0.1, 0.15) is 18.9 Å². The molecule has 0 aliphatic carbocycles. The van der Waals surface area contributed by atoms with E-state index >= 15 is 0 Å². The fraction of sp³-hybridized carbons (Fsp3) is 0.316. The molecule has 5 heteroatoms. The molecule has 0 heterocycles. The summed E-state index contributed by atoms with van der Waals surface area (Å²) in [5.74, 6) is -0.307. The van der Waals surface area contributed by atoms with Crippen LogP contribution in [0.25, 0.3) is 0 Å². The van der Waals surface area contributed by atoms with Gasteiger partial charge in [0.25, 0.3) is 0 Å². The van der Waals surface area contributed by atoms with Crippen molar-refractivity contribution in [3.8, 4) is 0 Å². The molecule has 0 fully saturated rings. The second-order valence-corrected chi connectivity index (χ2v) is 6.04. The van der Waals surface area contributed by atoms with Crippen molar-refractivity contribution in [1.82, 2.24) is 5.32 Å². The number of nitrogens with one attached hydrogen (secondary N) is 2. The van der Waals surface area contributed by atoms with E-state index in [2.05, 4.69) is 53.6 Å². The van der Waals surface area contributed by atoms with E-state index in [4.69, 9.17) is 12.2 Å². The maximum Gasteiger partial charge on any atom is 0.170 e. The van der Waals surface area contributed by atoms with Crippen molar-refractivity contribution in [3.05, 3.63) is 59.9 Å². The molecule has 0 aliphatic heterocycles. The summed E-state index contributed by atoms with van der Waals surface area (Å²) < 4.78 is 13.5. The van der Waals surface area contributed by atoms with Crippen LogP contribution in [0.2, 0.25) is 0 Å². The SMILES string of the molecule is CCN(CCCNC(=S)Nc1ccccc1F)c1ccc(C)cc1. The number of hydrogen-bond acceptors (Lipinski definition) is 2. The molecule has 3 nitrogen and oxygen atoms in total. The Morgan fingerprint density at radius 3 is 2.50 bits per heavy atom. The molecule has 24 heavy (non-hydrogen) atoms. The molecule has 2 rings (SSSR count). The predicted molar refractivity (Wildman–Crippen MR) is 104 cm³/mol. The highest BCUT2D eigenvalue weighted by Crippen LogP contribution is 2.15. The van der Waals surface area contributed by atoms with Crippen LogP contribution in [-0.4, -0.2) is 24.7 Å². The Morgan fingerprint density at radius 1 is 1.12 bits per heavy atom. The Kier molecular flexibility index (Phi) is 7.00. The molecule has 2 aromatic rings. The zero-order valence-electron chi connectivity index (χ0n) is 14.2. The van der Waals surface area contributed by atoms with Gasteiger partial charge in [-0.05, 0) is 56.8 Å². The highest BCUT2D eigenvalue weighted by molar-refractivity contribution is 7.80. The van der Waals surface area contributed by atoms with Gasteiger partial charge in [0.05, 0.1) is 5.69 Å². The predicted octanol–water partition coefficient (Wildman–Crippen LogP) is 4.34. The summed E-state index contributed by atoms with van der Waals surface area (Å²) >= 11 is 5.21. The second-order valence-electron chi connectivity index (χ2n) is 5.63. The van der Waals surface area contributed by atoms with Crippen LogP contribution in [0.15, 0.2) is 48.5 Å². The molecule has 0 atom stereocenters. The standard InChI is InChI=1S/C19H24FN3S/c1-3-23(16-11-9-15(2)10-12-16)14-6-13-21-19(24)22-18-8-5-4-7-17(18)20/h4-5,7-12H,3,6,13-14H2,1-2H3,(H2,21,22,24). The van der Waals surface area contributed by atoms with Crippen molar-refractivity contribution >= 4 is 28.7 Å². The normalized spacial score (nSPS) is 10.3. The van der Waals surface area contributed by atoms with Crippen LogP contribution in [-0.2, 0) is 0 Å². The minimum Gasteiger partial charge on any atom is -0.372 e. The molecule has 0 unspecified atom stereocenters. The minimum absolute atomic E-state index is 0.307. The molecular formula is C19H24FN3S. The summed E-state index contributed by atoms with van der Waals surface area (Å²) in [7, 11) is 0. The van der Waals surface area contributed by atoms with Gasteiger partial charge in [-0.3, -0.25) is 0 Å². The van der Waals surface area contributed by atoms with E-state index in [0.717, 1.165) is 26.1 Å². The molecule has 2 aromatic carbocycles. The van der Waals surface area contributed by atoms with E-state index in [1.54, 1.807) is 18.2 Å². The van der Waals surface area contributed by atoms with Crippen molar-refractivity contribution in [2.24, 2.45) is 0 Å². The van der Waals surface area contributed by atoms with Crippen molar-refractivity contribution < 1.29 is 4.39 Å². The third-order valence-corrected chi connectivity index (χ3v) is 4.04. The topological polar surface area (TPSA) is 27.3 Å². The summed E-state index contributed by atoms with van der Waals surface area (Å²) in [5, 5.41) is 6.45. The van der Waals surface area contributed by atoms with Crippen LogP contribution in [0, 0.1) is 12.7 Å². The largest absolute Gasteiger partial charge is 0.372 e. The average Bonchev–Trinajstić information content (AvgIpc) is 2.58. The van der Waals surface area contributed by atoms with Crippen molar-refractivity contribution in [1.29, 1.82) is 0 Å². The Labute approximate surface area is 148 Å². The first-order valence-corrected chi connectivity index (χ1v) is 8.62. The first-order chi connectivity index (χ1) is 11.6. The summed E-state index contributed by atoms with van der Waals surface area (Å²) in [6.45, 7) is 6.88. The van der Waals surface area contributed by atoms with Crippen molar-refractivity contribution in [3.63, 3.8) is 0 Å². The second kappa shape index (κ2) is 9.23. The Hall–Kier alpha value is -2.14. The van der Waals surface area contributed by atoms with Gasteiger partial charge in [-0.25, -0.2) is 4.39 Å². The smallest absolute Gasteiger partial charge is 0.170 e. The number of benzene rings is 2. The molecule has 0 aromatic heterocycles. The lowest BCUT2D eigenvalue weighted by Crippen LogP contribution is -2.32. The van der Waals surface area contributed by atoms with Crippen molar-refractivity contribution in [2.45, 2.75) is 20.3 Å². The van der Waals surface area contributed by atoms with Gasteiger partial charge in [0.15, 0.2) is 5.11 Å². The van der Waals surface area contributed by atoms with Gasteiger partial charge >= 0.3 is 0 Å². The molecule has 0 amide bonds. The number of nitrogens with zero attached hydrogens (tertiary/aromatic N) is 1. The van der Waals surface area contributed by atoms with Crippen LogP contribution in [0.4, 0.5) is 15.8 Å². The number of halogens is 1. The summed E-state index contributed by atoms with van der Waals surface area (Å²) in [6.07, 6.45) is 0.945. The molecule has 0 saturated heterocycles. The van der Waals surface area contributed by atoms with E-state index in [9.17, 15) is 4.39 Å². The van der Waals surface area contributed by atoms with E-state index in [0.29, 0.717) is 10.8 Å². The number of anilines is 2. The van der Waals surface area contributed by atoms with Crippen LogP contribution < -0.4 is 15.5 Å². The molecular weight excluding hydrogens is 321 g/mol. The van der Waals surface area contributed by atoms with E-state index in [1.807, 2.05) is 0 Å². The molecule has 0 bridgehead atoms. The fourth-order valence-electron chi connectivity index (χ4n) is 2.43. The number of aryl methyl sites for hydroxylation is 1. The third kappa shape index (κ3) is 5.49. The lowest BCUT2D eigenvalue weighted by molar-refractivity contribution is 0.632. The van der Waals surface area contributed by atoms with Crippen LogP contribution in [0.5, 0.6) is 0 Å². The summed E-state index contributed by atoms with van der Waals surface area (Å²) in [4.78, 5) is 2.33. The molecule has 0 saturated carbocycles. The zero-order chi connectivity index (χ0) is 17.4. The lowest BCUT2D eigenvalue weighted by Gasteiger charge is -2.23. The Bertz CT molecular complexity index is 658.